The number of hydrogen-bond acceptors (Lipinski definition) is 3. The van der Waals surface area contributed by atoms with E-state index >= 15 is 0 Å². The number of nitrogens with zero attached hydrogens (tertiary/aromatic N) is 2. The number of carbonyl (C=O) groups excluding carboxylic acids is 1. The average Bonchev–Trinajstić information content (AvgIpc) is 2.68. The van der Waals surface area contributed by atoms with Crippen LogP contribution in [0.4, 0.5) is 13.2 Å². The predicted molar refractivity (Wildman–Crippen MR) is 72.9 cm³/mol. The van der Waals surface area contributed by atoms with Crippen LogP contribution in [0.25, 0.3) is 0 Å². The van der Waals surface area contributed by atoms with E-state index in [1.807, 2.05) is 13.8 Å². The van der Waals surface area contributed by atoms with Crippen molar-refractivity contribution in [2.24, 2.45) is 0 Å². The summed E-state index contributed by atoms with van der Waals surface area (Å²) in [5.74, 6) is -0.674. The van der Waals surface area contributed by atoms with E-state index < -0.39 is 29.4 Å². The fraction of sp³-hybridized carbons (Fsp3) is 0.636. The van der Waals surface area contributed by atoms with E-state index in [-0.39, 0.29) is 17.6 Å². The normalized spacial score (nSPS) is 10.8. The minimum atomic E-state index is -4.66. The van der Waals surface area contributed by atoms with Crippen LogP contribution in [0.3, 0.4) is 0 Å². The van der Waals surface area contributed by atoms with E-state index in [1.165, 1.54) is 0 Å². The Morgan fingerprint density at radius 2 is 2.00 bits per heavy atom. The maximum atomic E-state index is 12.6. The lowest BCUT2D eigenvalue weighted by molar-refractivity contribution is -0.146. The number of alkyl halides is 4. The molecule has 0 spiro atoms. The molecule has 0 N–H and O–H groups in total. The van der Waals surface area contributed by atoms with Gasteiger partial charge < -0.3 is 4.74 Å². The Hall–Kier alpha value is -0.760. The largest absolute Gasteiger partial charge is 0.465 e. The zero-order chi connectivity index (χ0) is 15.9. The van der Waals surface area contributed by atoms with Gasteiger partial charge in [-0.05, 0) is 6.92 Å². The number of esters is 1. The molecule has 0 aliphatic heterocycles. The van der Waals surface area contributed by atoms with Crippen molar-refractivity contribution in [3.8, 4) is 0 Å². The molecule has 0 fully saturated rings. The molecule has 116 valence electrons. The molecule has 0 atom stereocenters. The van der Waals surface area contributed by atoms with E-state index in [9.17, 15) is 18.0 Å². The molecule has 0 aliphatic rings. The molecule has 0 aliphatic carbocycles. The van der Waals surface area contributed by atoms with Crippen LogP contribution in [0, 0.1) is 0 Å². The highest BCUT2D eigenvalue weighted by atomic mass is 79.9. The van der Waals surface area contributed by atoms with Crippen LogP contribution in [-0.2, 0) is 27.6 Å². The third kappa shape index (κ3) is 4.97. The zero-order valence-electron chi connectivity index (χ0n) is 11.2. The molecule has 0 saturated heterocycles. The van der Waals surface area contributed by atoms with Gasteiger partial charge in [0.05, 0.1) is 17.3 Å². The summed E-state index contributed by atoms with van der Waals surface area (Å²) in [6.07, 6.45) is -4.66. The van der Waals surface area contributed by atoms with E-state index in [0.717, 1.165) is 4.68 Å². The molecular weight excluding hydrogens is 364 g/mol. The first-order chi connectivity index (χ1) is 9.31. The first-order valence-corrected chi connectivity index (χ1v) is 7.35. The van der Waals surface area contributed by atoms with Crippen molar-refractivity contribution < 1.29 is 22.7 Å². The monoisotopic (exact) mass is 378 g/mol. The summed E-state index contributed by atoms with van der Waals surface area (Å²) in [5, 5.41) is 2.84. The van der Waals surface area contributed by atoms with Crippen LogP contribution in [0.1, 0.15) is 32.2 Å². The molecule has 4 nitrogen and oxygen atoms in total. The summed E-state index contributed by atoms with van der Waals surface area (Å²) < 4.78 is 43.2. The van der Waals surface area contributed by atoms with Crippen molar-refractivity contribution >= 4 is 33.5 Å². The number of ether oxygens (including phenoxy) is 1. The van der Waals surface area contributed by atoms with Crippen molar-refractivity contribution in [2.75, 3.05) is 6.61 Å². The molecule has 1 aromatic heterocycles. The molecule has 1 rings (SSSR count). The zero-order valence-corrected chi connectivity index (χ0v) is 13.6. The second-order valence-corrected chi connectivity index (χ2v) is 4.14. The van der Waals surface area contributed by atoms with Gasteiger partial charge in [0.1, 0.15) is 6.54 Å². The van der Waals surface area contributed by atoms with Crippen LogP contribution < -0.4 is 0 Å². The van der Waals surface area contributed by atoms with Crippen LogP contribution in [0.2, 0.25) is 5.02 Å². The third-order valence-electron chi connectivity index (χ3n) is 1.97. The Kier molecular flexibility index (Phi) is 8.19. The van der Waals surface area contributed by atoms with Gasteiger partial charge in [-0.3, -0.25) is 9.48 Å². The van der Waals surface area contributed by atoms with Crippen molar-refractivity contribution in [1.82, 2.24) is 9.78 Å². The molecule has 0 amide bonds. The number of hydrogen-bond donors (Lipinski definition) is 0. The summed E-state index contributed by atoms with van der Waals surface area (Å²) in [7, 11) is 0. The quantitative estimate of drug-likeness (QED) is 0.586. The van der Waals surface area contributed by atoms with Crippen LogP contribution >= 0.6 is 27.5 Å². The van der Waals surface area contributed by atoms with Crippen molar-refractivity contribution in [3.63, 3.8) is 0 Å². The van der Waals surface area contributed by atoms with Crippen molar-refractivity contribution in [3.05, 3.63) is 16.4 Å². The molecule has 0 unspecified atom stereocenters. The van der Waals surface area contributed by atoms with Gasteiger partial charge in [0.25, 0.3) is 0 Å². The molecule has 1 aromatic rings. The second kappa shape index (κ2) is 8.51. The molecule has 0 aromatic carbocycles. The van der Waals surface area contributed by atoms with Crippen molar-refractivity contribution in [2.45, 2.75) is 38.8 Å². The summed E-state index contributed by atoms with van der Waals surface area (Å²) in [4.78, 5) is 11.2. The van der Waals surface area contributed by atoms with E-state index in [1.54, 1.807) is 6.92 Å². The highest BCUT2D eigenvalue weighted by Gasteiger charge is 2.38. The van der Waals surface area contributed by atoms with Gasteiger partial charge in [-0.2, -0.15) is 18.3 Å². The highest BCUT2D eigenvalue weighted by molar-refractivity contribution is 9.08. The third-order valence-corrected chi connectivity index (χ3v) is 2.90. The Labute approximate surface area is 128 Å². The first-order valence-electron chi connectivity index (χ1n) is 5.85. The lowest BCUT2D eigenvalue weighted by Gasteiger charge is -2.04. The summed E-state index contributed by atoms with van der Waals surface area (Å²) in [5.41, 5.74) is -1.13. The van der Waals surface area contributed by atoms with Crippen LogP contribution in [-0.4, -0.2) is 22.4 Å². The smallest absolute Gasteiger partial charge is 0.436 e. The second-order valence-electron chi connectivity index (χ2n) is 3.20. The van der Waals surface area contributed by atoms with E-state index in [0.29, 0.717) is 0 Å². The number of aromatic nitrogens is 2. The molecule has 20 heavy (non-hydrogen) atoms. The number of rotatable bonds is 4. The van der Waals surface area contributed by atoms with Gasteiger partial charge >= 0.3 is 12.1 Å². The Morgan fingerprint density at radius 1 is 1.45 bits per heavy atom. The fourth-order valence-corrected chi connectivity index (χ4v) is 2.28. The first kappa shape index (κ1) is 19.2. The molecule has 9 heteroatoms. The Bertz CT molecular complexity index is 450. The summed E-state index contributed by atoms with van der Waals surface area (Å²) >= 11 is 8.59. The topological polar surface area (TPSA) is 44.1 Å². The van der Waals surface area contributed by atoms with Crippen molar-refractivity contribution in [1.29, 1.82) is 0 Å². The number of halogens is 5. The maximum Gasteiger partial charge on any atom is 0.436 e. The van der Waals surface area contributed by atoms with Gasteiger partial charge in [0, 0.05) is 5.33 Å². The van der Waals surface area contributed by atoms with E-state index in [4.69, 9.17) is 11.6 Å². The molecule has 1 heterocycles. The van der Waals surface area contributed by atoms with Gasteiger partial charge in [-0.1, -0.05) is 41.4 Å². The SMILES string of the molecule is CC.CCOC(=O)Cn1nc(C(F)(F)F)c(Cl)c1CBr. The summed E-state index contributed by atoms with van der Waals surface area (Å²) in [6, 6.07) is 0. The molecular formula is C11H15BrClF3N2O2. The van der Waals surface area contributed by atoms with E-state index in [2.05, 4.69) is 25.8 Å². The highest BCUT2D eigenvalue weighted by Crippen LogP contribution is 2.36. The number of carbonyl (C=O) groups is 1. The Balaban J connectivity index is 0.00000172. The lowest BCUT2D eigenvalue weighted by Crippen LogP contribution is -2.17. The minimum Gasteiger partial charge on any atom is -0.465 e. The fourth-order valence-electron chi connectivity index (χ4n) is 1.24. The molecule has 0 radical (unpaired) electrons. The standard InChI is InChI=1S/C9H9BrClF3N2O2.C2H6/c1-2-18-6(17)4-16-5(3-10)7(11)8(15-16)9(12,13)14;1-2/h2-4H2,1H3;1-2H3. The van der Waals surface area contributed by atoms with Gasteiger partial charge in [0.15, 0.2) is 5.69 Å². The predicted octanol–water partition coefficient (Wildman–Crippen LogP) is 4.04. The molecule has 0 saturated carbocycles. The maximum absolute atomic E-state index is 12.6. The van der Waals surface area contributed by atoms with Crippen LogP contribution in [0.5, 0.6) is 0 Å². The lowest BCUT2D eigenvalue weighted by atomic mass is 10.3. The summed E-state index contributed by atoms with van der Waals surface area (Å²) in [6.45, 7) is 5.33. The minimum absolute atomic E-state index is 0.0499. The van der Waals surface area contributed by atoms with Gasteiger partial charge in [-0.15, -0.1) is 0 Å². The average molecular weight is 380 g/mol. The van der Waals surface area contributed by atoms with Crippen LogP contribution in [0.15, 0.2) is 0 Å². The molecule has 0 bridgehead atoms. The van der Waals surface area contributed by atoms with Gasteiger partial charge in [-0.25, -0.2) is 0 Å². The van der Waals surface area contributed by atoms with Gasteiger partial charge in [0.2, 0.25) is 0 Å². The Morgan fingerprint density at radius 3 is 2.40 bits per heavy atom.